The largest absolute Gasteiger partial charge is 0.294 e. The lowest BCUT2D eigenvalue weighted by atomic mass is 9.88. The molecule has 1 aliphatic rings. The number of Topliss-reactive ketones (excluding diaryl/α,β-unsaturated/α-hetero) is 1. The third-order valence-electron chi connectivity index (χ3n) is 4.13. The Balaban J connectivity index is 1.69. The molecule has 0 N–H and O–H groups in total. The van der Waals surface area contributed by atoms with Crippen molar-refractivity contribution in [1.29, 1.82) is 0 Å². The monoisotopic (exact) mass is 301 g/mol. The zero-order valence-electron chi connectivity index (χ0n) is 12.7. The zero-order valence-corrected chi connectivity index (χ0v) is 12.7. The second-order valence-corrected chi connectivity index (χ2v) is 5.71. The number of pyridine rings is 1. The van der Waals surface area contributed by atoms with Gasteiger partial charge in [-0.05, 0) is 28.8 Å². The van der Waals surface area contributed by atoms with Gasteiger partial charge in [0.15, 0.2) is 5.78 Å². The Morgan fingerprint density at radius 3 is 2.52 bits per heavy atom. The van der Waals surface area contributed by atoms with Crippen molar-refractivity contribution < 1.29 is 4.79 Å². The van der Waals surface area contributed by atoms with Crippen LogP contribution < -0.4 is 0 Å². The van der Waals surface area contributed by atoms with Crippen LogP contribution in [0.3, 0.4) is 0 Å². The summed E-state index contributed by atoms with van der Waals surface area (Å²) < 4.78 is 1.79. The number of nitrogens with zero attached hydrogens (tertiary/aromatic N) is 3. The van der Waals surface area contributed by atoms with Gasteiger partial charge in [-0.3, -0.25) is 14.5 Å². The molecule has 0 saturated heterocycles. The topological polar surface area (TPSA) is 47.8 Å². The van der Waals surface area contributed by atoms with Crippen LogP contribution in [-0.4, -0.2) is 20.5 Å². The van der Waals surface area contributed by atoms with Gasteiger partial charge in [0.25, 0.3) is 0 Å². The lowest BCUT2D eigenvalue weighted by Gasteiger charge is -2.15. The number of benzene rings is 1. The maximum Gasteiger partial charge on any atom is 0.167 e. The van der Waals surface area contributed by atoms with Gasteiger partial charge >= 0.3 is 0 Å². The summed E-state index contributed by atoms with van der Waals surface area (Å²) in [6.07, 6.45) is 9.74. The second kappa shape index (κ2) is 5.32. The highest BCUT2D eigenvalue weighted by molar-refractivity contribution is 6.11. The SMILES string of the molecule is Cn1cc(-c2ccc(C3=Cc4cnccc4C(=O)C3)cc2)cn1. The fourth-order valence-corrected chi connectivity index (χ4v) is 2.92. The van der Waals surface area contributed by atoms with Gasteiger partial charge in [-0.15, -0.1) is 0 Å². The summed E-state index contributed by atoms with van der Waals surface area (Å²) in [5.41, 5.74) is 5.97. The molecule has 1 aliphatic carbocycles. The zero-order chi connectivity index (χ0) is 15.8. The van der Waals surface area contributed by atoms with E-state index in [-0.39, 0.29) is 5.78 Å². The molecule has 2 heterocycles. The Morgan fingerprint density at radius 1 is 1.00 bits per heavy atom. The quantitative estimate of drug-likeness (QED) is 0.726. The van der Waals surface area contributed by atoms with Crippen molar-refractivity contribution >= 4 is 17.4 Å². The van der Waals surface area contributed by atoms with Crippen molar-refractivity contribution in [1.82, 2.24) is 14.8 Å². The van der Waals surface area contributed by atoms with Crippen molar-refractivity contribution in [2.45, 2.75) is 6.42 Å². The number of carbonyl (C=O) groups excluding carboxylic acids is 1. The maximum absolute atomic E-state index is 12.3. The molecule has 0 fully saturated rings. The molecule has 1 aromatic carbocycles. The predicted octanol–water partition coefficient (Wildman–Crippen LogP) is 3.61. The number of rotatable bonds is 2. The fourth-order valence-electron chi connectivity index (χ4n) is 2.92. The van der Waals surface area contributed by atoms with E-state index in [0.717, 1.165) is 33.4 Å². The van der Waals surface area contributed by atoms with Crippen LogP contribution in [-0.2, 0) is 7.05 Å². The number of hydrogen-bond donors (Lipinski definition) is 0. The highest BCUT2D eigenvalue weighted by atomic mass is 16.1. The van der Waals surface area contributed by atoms with Crippen LogP contribution in [0.25, 0.3) is 22.8 Å². The van der Waals surface area contributed by atoms with E-state index >= 15 is 0 Å². The van der Waals surface area contributed by atoms with Gasteiger partial charge in [0, 0.05) is 48.7 Å². The average molecular weight is 301 g/mol. The van der Waals surface area contributed by atoms with E-state index < -0.39 is 0 Å². The Bertz CT molecular complexity index is 920. The number of carbonyl (C=O) groups is 1. The number of hydrogen-bond acceptors (Lipinski definition) is 3. The van der Waals surface area contributed by atoms with Crippen LogP contribution >= 0.6 is 0 Å². The van der Waals surface area contributed by atoms with Gasteiger partial charge in [0.1, 0.15) is 0 Å². The minimum Gasteiger partial charge on any atom is -0.294 e. The minimum atomic E-state index is 0.149. The van der Waals surface area contributed by atoms with Crippen molar-refractivity contribution in [3.63, 3.8) is 0 Å². The summed E-state index contributed by atoms with van der Waals surface area (Å²) >= 11 is 0. The third kappa shape index (κ3) is 2.48. The maximum atomic E-state index is 12.3. The molecule has 0 saturated carbocycles. The number of allylic oxidation sites excluding steroid dienone is 1. The van der Waals surface area contributed by atoms with Crippen LogP contribution in [0.2, 0.25) is 0 Å². The number of fused-ring (bicyclic) bond motifs is 1. The number of ketones is 1. The first-order valence-corrected chi connectivity index (χ1v) is 7.48. The van der Waals surface area contributed by atoms with Crippen LogP contribution in [0.1, 0.15) is 27.9 Å². The second-order valence-electron chi connectivity index (χ2n) is 5.71. The Morgan fingerprint density at radius 2 is 1.78 bits per heavy atom. The third-order valence-corrected chi connectivity index (χ3v) is 4.13. The summed E-state index contributed by atoms with van der Waals surface area (Å²) in [6, 6.07) is 10.0. The van der Waals surface area contributed by atoms with E-state index in [1.165, 1.54) is 0 Å². The molecule has 0 radical (unpaired) electrons. The molecular formula is C19H15N3O. The van der Waals surface area contributed by atoms with Crippen LogP contribution in [0.15, 0.2) is 55.1 Å². The molecule has 0 spiro atoms. The Labute approximate surface area is 134 Å². The normalized spacial score (nSPS) is 13.6. The van der Waals surface area contributed by atoms with E-state index in [9.17, 15) is 4.79 Å². The first-order valence-electron chi connectivity index (χ1n) is 7.48. The molecule has 0 atom stereocenters. The number of aryl methyl sites for hydroxylation is 1. The van der Waals surface area contributed by atoms with Crippen molar-refractivity contribution in [2.24, 2.45) is 7.05 Å². The van der Waals surface area contributed by atoms with Gasteiger partial charge in [-0.1, -0.05) is 24.3 Å². The Kier molecular flexibility index (Phi) is 3.15. The molecule has 23 heavy (non-hydrogen) atoms. The van der Waals surface area contributed by atoms with Crippen molar-refractivity contribution in [2.75, 3.05) is 0 Å². The first kappa shape index (κ1) is 13.6. The standard InChI is InChI=1S/C19H15N3O/c1-22-12-17(11-21-22)14-4-2-13(3-5-14)15-8-16-10-20-7-6-18(16)19(23)9-15/h2-8,10-12H,9H2,1H3. The fraction of sp³-hybridized carbons (Fsp3) is 0.105. The lowest BCUT2D eigenvalue weighted by Crippen LogP contribution is -2.08. The molecule has 2 aromatic heterocycles. The predicted molar refractivity (Wildman–Crippen MR) is 89.7 cm³/mol. The van der Waals surface area contributed by atoms with E-state index in [0.29, 0.717) is 6.42 Å². The first-order chi connectivity index (χ1) is 11.2. The van der Waals surface area contributed by atoms with E-state index in [4.69, 9.17) is 0 Å². The highest BCUT2D eigenvalue weighted by Gasteiger charge is 2.19. The highest BCUT2D eigenvalue weighted by Crippen LogP contribution is 2.31. The van der Waals surface area contributed by atoms with Gasteiger partial charge in [-0.2, -0.15) is 5.10 Å². The molecule has 0 aliphatic heterocycles. The van der Waals surface area contributed by atoms with Crippen LogP contribution in [0.4, 0.5) is 0 Å². The molecule has 0 amide bonds. The van der Waals surface area contributed by atoms with Crippen molar-refractivity contribution in [3.8, 4) is 11.1 Å². The van der Waals surface area contributed by atoms with Gasteiger partial charge in [0.2, 0.25) is 0 Å². The number of aromatic nitrogens is 3. The molecule has 4 rings (SSSR count). The van der Waals surface area contributed by atoms with Crippen LogP contribution in [0.5, 0.6) is 0 Å². The lowest BCUT2D eigenvalue weighted by molar-refractivity contribution is 0.0997. The summed E-state index contributed by atoms with van der Waals surface area (Å²) in [7, 11) is 1.90. The minimum absolute atomic E-state index is 0.149. The molecule has 0 bridgehead atoms. The summed E-state index contributed by atoms with van der Waals surface area (Å²) in [5, 5.41) is 4.19. The van der Waals surface area contributed by atoms with Gasteiger partial charge in [-0.25, -0.2) is 0 Å². The van der Waals surface area contributed by atoms with E-state index in [1.807, 2.05) is 19.4 Å². The van der Waals surface area contributed by atoms with Crippen molar-refractivity contribution in [3.05, 3.63) is 71.8 Å². The van der Waals surface area contributed by atoms with Crippen LogP contribution in [0, 0.1) is 0 Å². The molecular weight excluding hydrogens is 286 g/mol. The molecule has 4 heteroatoms. The Hall–Kier alpha value is -3.01. The molecule has 112 valence electrons. The summed E-state index contributed by atoms with van der Waals surface area (Å²) in [6.45, 7) is 0. The molecule has 3 aromatic rings. The van der Waals surface area contributed by atoms with E-state index in [2.05, 4.69) is 40.4 Å². The van der Waals surface area contributed by atoms with E-state index in [1.54, 1.807) is 23.1 Å². The van der Waals surface area contributed by atoms with Gasteiger partial charge < -0.3 is 0 Å². The average Bonchev–Trinajstić information content (AvgIpc) is 3.01. The smallest absolute Gasteiger partial charge is 0.167 e. The molecule has 4 nitrogen and oxygen atoms in total. The summed E-state index contributed by atoms with van der Waals surface area (Å²) in [4.78, 5) is 16.4. The molecule has 0 unspecified atom stereocenters. The summed E-state index contributed by atoms with van der Waals surface area (Å²) in [5.74, 6) is 0.149. The van der Waals surface area contributed by atoms with Gasteiger partial charge in [0.05, 0.1) is 6.20 Å².